The van der Waals surface area contributed by atoms with Gasteiger partial charge in [0.05, 0.1) is 12.7 Å². The largest absolute Gasteiger partial charge is 0.497 e. The molecule has 1 amide bonds. The molecule has 25 heavy (non-hydrogen) atoms. The Morgan fingerprint density at radius 2 is 2.04 bits per heavy atom. The summed E-state index contributed by atoms with van der Waals surface area (Å²) in [5.74, 6) is 0.201. The normalized spacial score (nSPS) is 18.8. The molecule has 4 rings (SSSR count). The molecule has 0 radical (unpaired) electrons. The smallest absolute Gasteiger partial charge is 0.339 e. The molecule has 128 valence electrons. The number of hydrogen-bond acceptors (Lipinski definition) is 4. The first-order chi connectivity index (χ1) is 12.2. The molecule has 0 saturated heterocycles. The Balaban J connectivity index is 1.62. The van der Waals surface area contributed by atoms with Gasteiger partial charge in [0.25, 0.3) is 5.91 Å². The minimum absolute atomic E-state index is 0.158. The van der Waals surface area contributed by atoms with Crippen molar-refractivity contribution in [1.29, 1.82) is 0 Å². The number of benzene rings is 2. The average Bonchev–Trinajstić information content (AvgIpc) is 2.66. The second-order valence-electron chi connectivity index (χ2n) is 6.34. The van der Waals surface area contributed by atoms with Crippen LogP contribution in [0.3, 0.4) is 0 Å². The van der Waals surface area contributed by atoms with Crippen LogP contribution < -0.4 is 9.64 Å². The monoisotopic (exact) mass is 337 g/mol. The molecule has 1 atom stereocenters. The summed E-state index contributed by atoms with van der Waals surface area (Å²) in [7, 11) is 1.63. The molecule has 5 nitrogen and oxygen atoms in total. The van der Waals surface area contributed by atoms with E-state index in [1.165, 1.54) is 0 Å². The van der Waals surface area contributed by atoms with Crippen molar-refractivity contribution >= 4 is 17.6 Å². The van der Waals surface area contributed by atoms with E-state index in [0.717, 1.165) is 35.4 Å². The minimum Gasteiger partial charge on any atom is -0.497 e. The van der Waals surface area contributed by atoms with Gasteiger partial charge in [-0.15, -0.1) is 0 Å². The van der Waals surface area contributed by atoms with E-state index in [9.17, 15) is 9.59 Å². The second kappa shape index (κ2) is 6.24. The summed E-state index contributed by atoms with van der Waals surface area (Å²) in [6.45, 7) is 0.633. The minimum atomic E-state index is -0.768. The van der Waals surface area contributed by atoms with Gasteiger partial charge in [-0.3, -0.25) is 4.79 Å². The number of nitrogens with zero attached hydrogens (tertiary/aromatic N) is 1. The Morgan fingerprint density at radius 3 is 2.88 bits per heavy atom. The van der Waals surface area contributed by atoms with Gasteiger partial charge in [0.1, 0.15) is 5.75 Å². The lowest BCUT2D eigenvalue weighted by Gasteiger charge is -2.33. The summed E-state index contributed by atoms with van der Waals surface area (Å²) >= 11 is 0. The third-order valence-corrected chi connectivity index (χ3v) is 4.84. The van der Waals surface area contributed by atoms with Crippen LogP contribution in [0, 0.1) is 0 Å². The number of ether oxygens (including phenoxy) is 2. The first-order valence-corrected chi connectivity index (χ1v) is 8.44. The van der Waals surface area contributed by atoms with Crippen LogP contribution in [0.1, 0.15) is 27.9 Å². The number of cyclic esters (lactones) is 1. The molecule has 5 heteroatoms. The van der Waals surface area contributed by atoms with Crippen LogP contribution >= 0.6 is 0 Å². The van der Waals surface area contributed by atoms with Gasteiger partial charge in [0.15, 0.2) is 6.10 Å². The van der Waals surface area contributed by atoms with Crippen LogP contribution in [0.2, 0.25) is 0 Å². The van der Waals surface area contributed by atoms with E-state index in [1.807, 2.05) is 30.3 Å². The van der Waals surface area contributed by atoms with Crippen molar-refractivity contribution in [1.82, 2.24) is 0 Å². The number of rotatable bonds is 2. The fourth-order valence-corrected chi connectivity index (χ4v) is 3.57. The van der Waals surface area contributed by atoms with E-state index in [2.05, 4.69) is 0 Å². The molecule has 0 fully saturated rings. The van der Waals surface area contributed by atoms with Crippen LogP contribution in [-0.4, -0.2) is 31.6 Å². The lowest BCUT2D eigenvalue weighted by molar-refractivity contribution is -0.127. The first-order valence-electron chi connectivity index (χ1n) is 8.44. The summed E-state index contributed by atoms with van der Waals surface area (Å²) < 4.78 is 10.7. The van der Waals surface area contributed by atoms with Gasteiger partial charge in [-0.1, -0.05) is 18.2 Å². The lowest BCUT2D eigenvalue weighted by Crippen LogP contribution is -2.46. The maximum atomic E-state index is 13.0. The fraction of sp³-hybridized carbons (Fsp3) is 0.300. The molecule has 0 aliphatic carbocycles. The highest BCUT2D eigenvalue weighted by atomic mass is 16.5. The highest BCUT2D eigenvalue weighted by Crippen LogP contribution is 2.32. The Kier molecular flexibility index (Phi) is 3.92. The van der Waals surface area contributed by atoms with E-state index in [1.54, 1.807) is 24.1 Å². The number of carbonyl (C=O) groups excluding carboxylic acids is 2. The van der Waals surface area contributed by atoms with Crippen LogP contribution in [0.25, 0.3) is 0 Å². The quantitative estimate of drug-likeness (QED) is 0.791. The second-order valence-corrected chi connectivity index (χ2v) is 6.34. The molecule has 2 aromatic rings. The summed E-state index contributed by atoms with van der Waals surface area (Å²) in [4.78, 5) is 27.0. The predicted molar refractivity (Wildman–Crippen MR) is 93.0 cm³/mol. The number of esters is 1. The van der Waals surface area contributed by atoms with Crippen LogP contribution in [0.15, 0.2) is 42.5 Å². The topological polar surface area (TPSA) is 55.8 Å². The maximum Gasteiger partial charge on any atom is 0.339 e. The van der Waals surface area contributed by atoms with Crippen LogP contribution in [0.4, 0.5) is 5.69 Å². The molecule has 2 aliphatic heterocycles. The summed E-state index contributed by atoms with van der Waals surface area (Å²) in [6.07, 6.45) is 1.44. The van der Waals surface area contributed by atoms with Gasteiger partial charge < -0.3 is 14.4 Å². The van der Waals surface area contributed by atoms with Crippen molar-refractivity contribution < 1.29 is 19.1 Å². The molecule has 0 aromatic heterocycles. The number of carbonyl (C=O) groups is 2. The standard InChI is InChI=1S/C20H19NO4/c1-24-15-8-9-17-14(11-15)6-4-10-21(17)19(22)18-12-13-5-2-3-7-16(13)20(23)25-18/h2-3,5,7-9,11,18H,4,6,10,12H2,1H3. The summed E-state index contributed by atoms with van der Waals surface area (Å²) in [5, 5.41) is 0. The van der Waals surface area contributed by atoms with Gasteiger partial charge in [-0.05, 0) is 48.2 Å². The zero-order valence-corrected chi connectivity index (χ0v) is 14.0. The van der Waals surface area contributed by atoms with Crippen molar-refractivity contribution in [3.63, 3.8) is 0 Å². The van der Waals surface area contributed by atoms with E-state index in [4.69, 9.17) is 9.47 Å². The van der Waals surface area contributed by atoms with Crippen molar-refractivity contribution in [3.8, 4) is 5.75 Å². The summed E-state index contributed by atoms with van der Waals surface area (Å²) in [6, 6.07) is 13.0. The highest BCUT2D eigenvalue weighted by molar-refractivity contribution is 6.02. The van der Waals surface area contributed by atoms with Crippen molar-refractivity contribution in [2.45, 2.75) is 25.4 Å². The van der Waals surface area contributed by atoms with Crippen LogP contribution in [-0.2, 0) is 22.4 Å². The van der Waals surface area contributed by atoms with E-state index in [0.29, 0.717) is 18.5 Å². The zero-order chi connectivity index (χ0) is 17.4. The number of aryl methyl sites for hydroxylation is 1. The average molecular weight is 337 g/mol. The van der Waals surface area contributed by atoms with Crippen molar-refractivity contribution in [2.75, 3.05) is 18.6 Å². The van der Waals surface area contributed by atoms with Gasteiger partial charge in [-0.25, -0.2) is 4.79 Å². The van der Waals surface area contributed by atoms with E-state index < -0.39 is 12.1 Å². The molecule has 0 saturated carbocycles. The molecule has 0 N–H and O–H groups in total. The van der Waals surface area contributed by atoms with E-state index in [-0.39, 0.29) is 5.91 Å². The molecule has 2 aliphatic rings. The molecule has 1 unspecified atom stereocenters. The highest BCUT2D eigenvalue weighted by Gasteiger charge is 2.35. The molecule has 0 spiro atoms. The van der Waals surface area contributed by atoms with Crippen LogP contribution in [0.5, 0.6) is 5.75 Å². The van der Waals surface area contributed by atoms with Gasteiger partial charge in [0.2, 0.25) is 0 Å². The SMILES string of the molecule is COc1ccc2c(c1)CCCN2C(=O)C1Cc2ccccc2C(=O)O1. The number of amides is 1. The molecule has 2 aromatic carbocycles. The first kappa shape index (κ1) is 15.7. The molecule has 2 heterocycles. The van der Waals surface area contributed by atoms with Gasteiger partial charge >= 0.3 is 5.97 Å². The van der Waals surface area contributed by atoms with E-state index >= 15 is 0 Å². The Morgan fingerprint density at radius 1 is 1.20 bits per heavy atom. The maximum absolute atomic E-state index is 13.0. The Labute approximate surface area is 146 Å². The Hall–Kier alpha value is -2.82. The zero-order valence-electron chi connectivity index (χ0n) is 14.0. The number of methoxy groups -OCH3 is 1. The number of anilines is 1. The molecular formula is C20H19NO4. The molecule has 0 bridgehead atoms. The third-order valence-electron chi connectivity index (χ3n) is 4.84. The lowest BCUT2D eigenvalue weighted by atomic mass is 9.96. The van der Waals surface area contributed by atoms with Gasteiger partial charge in [-0.2, -0.15) is 0 Å². The van der Waals surface area contributed by atoms with Crippen molar-refractivity contribution in [3.05, 3.63) is 59.2 Å². The predicted octanol–water partition coefficient (Wildman–Crippen LogP) is 2.76. The van der Waals surface area contributed by atoms with Gasteiger partial charge in [0, 0.05) is 18.7 Å². The summed E-state index contributed by atoms with van der Waals surface area (Å²) in [5.41, 5.74) is 3.38. The molecular weight excluding hydrogens is 318 g/mol. The fourth-order valence-electron chi connectivity index (χ4n) is 3.57. The third kappa shape index (κ3) is 2.76. The number of fused-ring (bicyclic) bond motifs is 2. The number of hydrogen-bond donors (Lipinski definition) is 0. The van der Waals surface area contributed by atoms with Crippen molar-refractivity contribution in [2.24, 2.45) is 0 Å². The Bertz CT molecular complexity index is 845.